The summed E-state index contributed by atoms with van der Waals surface area (Å²) in [6.07, 6.45) is 4.66. The predicted molar refractivity (Wildman–Crippen MR) is 74.0 cm³/mol. The molecule has 0 radical (unpaired) electrons. The van der Waals surface area contributed by atoms with Crippen LogP contribution in [0.3, 0.4) is 0 Å². The van der Waals surface area contributed by atoms with E-state index in [4.69, 9.17) is 0 Å². The molecule has 0 nitrogen and oxygen atoms in total. The first kappa shape index (κ1) is 11.0. The lowest BCUT2D eigenvalue weighted by atomic mass is 10.1. The molecule has 15 heavy (non-hydrogen) atoms. The summed E-state index contributed by atoms with van der Waals surface area (Å²) < 4.78 is 0. The maximum absolute atomic E-state index is 2.49. The molecule has 0 saturated heterocycles. The summed E-state index contributed by atoms with van der Waals surface area (Å²) in [5.41, 5.74) is 3.73. The molecule has 0 aliphatic heterocycles. The number of allylic oxidation sites excluding steroid dienone is 1. The van der Waals surface area contributed by atoms with Crippen LogP contribution in [0.25, 0.3) is 4.91 Å². The summed E-state index contributed by atoms with van der Waals surface area (Å²) in [6, 6.07) is 8.88. The van der Waals surface area contributed by atoms with Crippen molar-refractivity contribution in [1.29, 1.82) is 0 Å². The topological polar surface area (TPSA) is 0 Å². The Morgan fingerprint density at radius 1 is 1.13 bits per heavy atom. The van der Waals surface area contributed by atoms with Crippen molar-refractivity contribution >= 4 is 24.7 Å². The molecule has 0 aromatic heterocycles. The Morgan fingerprint density at radius 2 is 1.80 bits per heavy atom. The second kappa shape index (κ2) is 3.83. The second-order valence-electron chi connectivity index (χ2n) is 5.17. The molecule has 1 unspecified atom stereocenters. The van der Waals surface area contributed by atoms with Crippen molar-refractivity contribution in [1.82, 2.24) is 0 Å². The van der Waals surface area contributed by atoms with Gasteiger partial charge >= 0.3 is 0 Å². The lowest BCUT2D eigenvalue weighted by Gasteiger charge is -2.24. The smallest absolute Gasteiger partial charge is 0.0566 e. The highest BCUT2D eigenvalue weighted by Crippen LogP contribution is 2.44. The van der Waals surface area contributed by atoms with E-state index >= 15 is 0 Å². The number of benzene rings is 1. The first-order valence-corrected chi connectivity index (χ1v) is 10.2. The molecular formula is C13H18SSi. The highest BCUT2D eigenvalue weighted by molar-refractivity contribution is 8.07. The van der Waals surface area contributed by atoms with E-state index in [0.29, 0.717) is 5.54 Å². The van der Waals surface area contributed by atoms with E-state index in [1.807, 2.05) is 11.8 Å². The van der Waals surface area contributed by atoms with E-state index in [2.05, 4.69) is 56.2 Å². The maximum Gasteiger partial charge on any atom is 0.0566 e. The molecule has 1 aliphatic rings. The fourth-order valence-corrected chi connectivity index (χ4v) is 4.87. The minimum atomic E-state index is -1.12. The molecule has 0 amide bonds. The molecule has 1 aliphatic carbocycles. The summed E-state index contributed by atoms with van der Waals surface area (Å²) in [5.74, 6) is 0. The van der Waals surface area contributed by atoms with Crippen molar-refractivity contribution in [3.8, 4) is 0 Å². The summed E-state index contributed by atoms with van der Waals surface area (Å²) in [5, 5.41) is 0. The zero-order valence-corrected chi connectivity index (χ0v) is 11.7. The van der Waals surface area contributed by atoms with Crippen molar-refractivity contribution in [3.63, 3.8) is 0 Å². The Morgan fingerprint density at radius 3 is 2.40 bits per heavy atom. The van der Waals surface area contributed by atoms with Crippen molar-refractivity contribution in [2.75, 3.05) is 6.26 Å². The number of rotatable bonds is 2. The molecular weight excluding hydrogens is 216 g/mol. The highest BCUT2D eigenvalue weighted by atomic mass is 32.2. The number of hydrogen-bond acceptors (Lipinski definition) is 1. The minimum absolute atomic E-state index is 0.705. The molecule has 0 saturated carbocycles. The van der Waals surface area contributed by atoms with Gasteiger partial charge in [0, 0.05) is 4.91 Å². The normalized spacial score (nSPS) is 20.0. The summed E-state index contributed by atoms with van der Waals surface area (Å²) in [7, 11) is -1.12. The van der Waals surface area contributed by atoms with Crippen molar-refractivity contribution in [2.24, 2.45) is 0 Å². The van der Waals surface area contributed by atoms with Crippen LogP contribution < -0.4 is 0 Å². The molecule has 1 aromatic rings. The van der Waals surface area contributed by atoms with E-state index < -0.39 is 8.07 Å². The first-order chi connectivity index (χ1) is 7.04. The second-order valence-corrected chi connectivity index (χ2v) is 11.4. The molecule has 1 aromatic carbocycles. The van der Waals surface area contributed by atoms with Crippen LogP contribution in [0.15, 0.2) is 30.3 Å². The molecule has 0 N–H and O–H groups in total. The SMILES string of the molecule is CSC1=CC([Si](C)(C)C)c2ccccc21. The van der Waals surface area contributed by atoms with Crippen LogP contribution in [-0.4, -0.2) is 14.3 Å². The minimum Gasteiger partial charge on any atom is -0.129 e. The number of fused-ring (bicyclic) bond motifs is 1. The van der Waals surface area contributed by atoms with Gasteiger partial charge in [-0.05, 0) is 22.9 Å². The van der Waals surface area contributed by atoms with E-state index in [1.165, 1.54) is 10.5 Å². The van der Waals surface area contributed by atoms with Crippen LogP contribution in [0.2, 0.25) is 19.6 Å². The fraction of sp³-hybridized carbons (Fsp3) is 0.385. The Labute approximate surface area is 97.8 Å². The van der Waals surface area contributed by atoms with E-state index in [0.717, 1.165) is 0 Å². The lowest BCUT2D eigenvalue weighted by molar-refractivity contribution is 1.16. The van der Waals surface area contributed by atoms with Gasteiger partial charge in [-0.1, -0.05) is 50.0 Å². The van der Waals surface area contributed by atoms with E-state index in [1.54, 1.807) is 5.56 Å². The van der Waals surface area contributed by atoms with Gasteiger partial charge in [0.15, 0.2) is 0 Å². The Bertz CT molecular complexity index is 401. The van der Waals surface area contributed by atoms with Gasteiger partial charge in [0.25, 0.3) is 0 Å². The van der Waals surface area contributed by atoms with Gasteiger partial charge in [0.2, 0.25) is 0 Å². The zero-order chi connectivity index (χ0) is 11.1. The third-order valence-electron chi connectivity index (χ3n) is 3.03. The van der Waals surface area contributed by atoms with Crippen LogP contribution in [0.5, 0.6) is 0 Å². The molecule has 80 valence electrons. The molecule has 0 heterocycles. The van der Waals surface area contributed by atoms with Crippen LogP contribution in [0.4, 0.5) is 0 Å². The van der Waals surface area contributed by atoms with Crippen LogP contribution in [0, 0.1) is 0 Å². The monoisotopic (exact) mass is 234 g/mol. The van der Waals surface area contributed by atoms with E-state index in [-0.39, 0.29) is 0 Å². The molecule has 0 bridgehead atoms. The van der Waals surface area contributed by atoms with Gasteiger partial charge in [0.05, 0.1) is 8.07 Å². The summed E-state index contributed by atoms with van der Waals surface area (Å²) in [4.78, 5) is 1.47. The van der Waals surface area contributed by atoms with Crippen LogP contribution >= 0.6 is 11.8 Å². The average molecular weight is 234 g/mol. The van der Waals surface area contributed by atoms with Gasteiger partial charge in [-0.3, -0.25) is 0 Å². The standard InChI is InChI=1S/C13H18SSi/c1-14-12-9-13(15(2,3)4)11-8-6-5-7-10(11)12/h5-9,13H,1-4H3. The van der Waals surface area contributed by atoms with Gasteiger partial charge in [-0.2, -0.15) is 0 Å². The largest absolute Gasteiger partial charge is 0.129 e. The van der Waals surface area contributed by atoms with Gasteiger partial charge in [-0.15, -0.1) is 11.8 Å². The van der Waals surface area contributed by atoms with Crippen molar-refractivity contribution in [3.05, 3.63) is 41.5 Å². The maximum atomic E-state index is 2.49. The molecule has 1 atom stereocenters. The fourth-order valence-electron chi connectivity index (χ4n) is 2.22. The van der Waals surface area contributed by atoms with Crippen LogP contribution in [-0.2, 0) is 0 Å². The third-order valence-corrected chi connectivity index (χ3v) is 6.17. The Balaban J connectivity index is 2.51. The molecule has 0 spiro atoms. The number of thioether (sulfide) groups is 1. The van der Waals surface area contributed by atoms with Gasteiger partial charge in [0.1, 0.15) is 0 Å². The van der Waals surface area contributed by atoms with E-state index in [9.17, 15) is 0 Å². The number of hydrogen-bond donors (Lipinski definition) is 0. The molecule has 0 fully saturated rings. The molecule has 2 rings (SSSR count). The average Bonchev–Trinajstić information content (AvgIpc) is 2.55. The Kier molecular flexibility index (Phi) is 2.82. The first-order valence-electron chi connectivity index (χ1n) is 5.39. The molecule has 2 heteroatoms. The Hall–Kier alpha value is -0.473. The zero-order valence-electron chi connectivity index (χ0n) is 9.87. The highest BCUT2D eigenvalue weighted by Gasteiger charge is 2.32. The summed E-state index contributed by atoms with van der Waals surface area (Å²) in [6.45, 7) is 7.36. The third kappa shape index (κ3) is 1.93. The summed E-state index contributed by atoms with van der Waals surface area (Å²) >= 11 is 1.88. The lowest BCUT2D eigenvalue weighted by Crippen LogP contribution is -2.28. The quantitative estimate of drug-likeness (QED) is 0.685. The van der Waals surface area contributed by atoms with Crippen molar-refractivity contribution < 1.29 is 0 Å². The van der Waals surface area contributed by atoms with Crippen molar-refractivity contribution in [2.45, 2.75) is 25.2 Å². The van der Waals surface area contributed by atoms with Crippen LogP contribution in [0.1, 0.15) is 16.7 Å². The van der Waals surface area contributed by atoms with Gasteiger partial charge < -0.3 is 0 Å². The predicted octanol–water partition coefficient (Wildman–Crippen LogP) is 4.37. The van der Waals surface area contributed by atoms with Gasteiger partial charge in [-0.25, -0.2) is 0 Å².